The largest absolute Gasteiger partial charge is 0.319 e. The molecule has 0 heterocycles. The van der Waals surface area contributed by atoms with Crippen LogP contribution in [0, 0.1) is 28.6 Å². The van der Waals surface area contributed by atoms with Gasteiger partial charge >= 0.3 is 0 Å². The van der Waals surface area contributed by atoms with Gasteiger partial charge in [-0.2, -0.15) is 0 Å². The molecule has 0 radical (unpaired) electrons. The third kappa shape index (κ3) is 2.05. The van der Waals surface area contributed by atoms with Gasteiger partial charge in [-0.15, -0.1) is 0 Å². The monoisotopic (exact) mass is 237 g/mol. The van der Waals surface area contributed by atoms with Crippen molar-refractivity contribution in [3.05, 3.63) is 0 Å². The fraction of sp³-hybridized carbons (Fsp3) is 1.00. The number of hydrogen-bond donors (Lipinski definition) is 1. The van der Waals surface area contributed by atoms with Crippen LogP contribution in [0.3, 0.4) is 0 Å². The van der Waals surface area contributed by atoms with E-state index < -0.39 is 0 Å². The molecule has 0 bridgehead atoms. The van der Waals surface area contributed by atoms with Gasteiger partial charge in [0, 0.05) is 0 Å². The zero-order chi connectivity index (χ0) is 12.7. The summed E-state index contributed by atoms with van der Waals surface area (Å²) < 4.78 is 0. The van der Waals surface area contributed by atoms with Gasteiger partial charge in [0.2, 0.25) is 0 Å². The van der Waals surface area contributed by atoms with Crippen molar-refractivity contribution in [3.8, 4) is 0 Å². The van der Waals surface area contributed by atoms with E-state index >= 15 is 0 Å². The first-order chi connectivity index (χ1) is 7.95. The van der Waals surface area contributed by atoms with E-state index in [2.05, 4.69) is 40.1 Å². The summed E-state index contributed by atoms with van der Waals surface area (Å²) in [6, 6.07) is 0. The van der Waals surface area contributed by atoms with Crippen molar-refractivity contribution in [2.75, 3.05) is 13.6 Å². The van der Waals surface area contributed by atoms with E-state index in [1.54, 1.807) is 0 Å². The topological polar surface area (TPSA) is 12.0 Å². The minimum atomic E-state index is 0.585. The fourth-order valence-corrected chi connectivity index (χ4v) is 4.77. The molecule has 2 aliphatic carbocycles. The standard InChI is InChI=1S/C16H31N/c1-12(2)13-7-6-9-16(10-8-13)14(11-17-5)15(16,3)4/h12-14,17H,6-11H2,1-5H3. The van der Waals surface area contributed by atoms with Crippen LogP contribution in [-0.2, 0) is 0 Å². The summed E-state index contributed by atoms with van der Waals surface area (Å²) in [6.45, 7) is 11.0. The molecule has 3 atom stereocenters. The van der Waals surface area contributed by atoms with Gasteiger partial charge in [-0.1, -0.05) is 40.5 Å². The van der Waals surface area contributed by atoms with Crippen LogP contribution in [0.4, 0.5) is 0 Å². The average molecular weight is 237 g/mol. The molecule has 1 heteroatoms. The molecule has 2 fully saturated rings. The van der Waals surface area contributed by atoms with Crippen molar-refractivity contribution >= 4 is 0 Å². The summed E-state index contributed by atoms with van der Waals surface area (Å²) in [5.74, 6) is 2.79. The Hall–Kier alpha value is -0.0400. The van der Waals surface area contributed by atoms with Gasteiger partial charge < -0.3 is 5.32 Å². The Balaban J connectivity index is 2.04. The molecule has 1 nitrogen and oxygen atoms in total. The van der Waals surface area contributed by atoms with Crippen molar-refractivity contribution in [2.24, 2.45) is 28.6 Å². The minimum absolute atomic E-state index is 0.585. The maximum atomic E-state index is 3.41. The molecule has 17 heavy (non-hydrogen) atoms. The molecular weight excluding hydrogens is 206 g/mol. The van der Waals surface area contributed by atoms with Crippen molar-refractivity contribution < 1.29 is 0 Å². The van der Waals surface area contributed by atoms with Crippen molar-refractivity contribution in [3.63, 3.8) is 0 Å². The number of hydrogen-bond acceptors (Lipinski definition) is 1. The molecule has 1 spiro atoms. The molecule has 3 unspecified atom stereocenters. The molecular formula is C16H31N. The highest BCUT2D eigenvalue weighted by Gasteiger charge is 2.68. The summed E-state index contributed by atoms with van der Waals surface area (Å²) in [6.07, 6.45) is 7.38. The summed E-state index contributed by atoms with van der Waals surface area (Å²) >= 11 is 0. The Morgan fingerprint density at radius 2 is 1.88 bits per heavy atom. The fourth-order valence-electron chi connectivity index (χ4n) is 4.77. The first-order valence-corrected chi connectivity index (χ1v) is 7.60. The summed E-state index contributed by atoms with van der Waals surface area (Å²) in [5.41, 5.74) is 1.27. The lowest BCUT2D eigenvalue weighted by atomic mass is 9.85. The quantitative estimate of drug-likeness (QED) is 0.780. The van der Waals surface area contributed by atoms with Gasteiger partial charge in [-0.05, 0) is 61.4 Å². The van der Waals surface area contributed by atoms with Crippen LogP contribution in [0.25, 0.3) is 0 Å². The smallest absolute Gasteiger partial charge is 0.00127 e. The van der Waals surface area contributed by atoms with E-state index in [9.17, 15) is 0 Å². The second-order valence-electron chi connectivity index (χ2n) is 7.42. The molecule has 0 saturated heterocycles. The molecule has 2 saturated carbocycles. The predicted molar refractivity (Wildman–Crippen MR) is 75.0 cm³/mol. The molecule has 100 valence electrons. The van der Waals surface area contributed by atoms with E-state index in [4.69, 9.17) is 0 Å². The number of nitrogens with one attached hydrogen (secondary N) is 1. The van der Waals surface area contributed by atoms with E-state index in [1.165, 1.54) is 38.6 Å². The predicted octanol–water partition coefficient (Wildman–Crippen LogP) is 4.08. The van der Waals surface area contributed by atoms with Gasteiger partial charge in [0.05, 0.1) is 0 Å². The Labute approximate surface area is 108 Å². The summed E-state index contributed by atoms with van der Waals surface area (Å²) in [5, 5.41) is 3.41. The Morgan fingerprint density at radius 1 is 1.18 bits per heavy atom. The molecule has 2 aliphatic rings. The molecule has 2 rings (SSSR count). The highest BCUT2D eigenvalue weighted by molar-refractivity contribution is 5.17. The molecule has 0 aliphatic heterocycles. The third-order valence-electron chi connectivity index (χ3n) is 6.25. The second-order valence-corrected chi connectivity index (χ2v) is 7.42. The maximum Gasteiger partial charge on any atom is -0.00127 e. The highest BCUT2D eigenvalue weighted by atomic mass is 14.9. The van der Waals surface area contributed by atoms with Gasteiger partial charge in [-0.3, -0.25) is 0 Å². The zero-order valence-electron chi connectivity index (χ0n) is 12.5. The average Bonchev–Trinajstić information content (AvgIpc) is 2.81. The van der Waals surface area contributed by atoms with Gasteiger partial charge in [0.15, 0.2) is 0 Å². The van der Waals surface area contributed by atoms with E-state index in [-0.39, 0.29) is 0 Å². The third-order valence-corrected chi connectivity index (χ3v) is 6.25. The molecule has 0 aromatic heterocycles. The summed E-state index contributed by atoms with van der Waals surface area (Å²) in [7, 11) is 2.11. The lowest BCUT2D eigenvalue weighted by Crippen LogP contribution is -2.15. The van der Waals surface area contributed by atoms with Crippen LogP contribution >= 0.6 is 0 Å². The first kappa shape index (κ1) is 13.4. The Morgan fingerprint density at radius 3 is 2.47 bits per heavy atom. The van der Waals surface area contributed by atoms with E-state index in [1.807, 2.05) is 0 Å². The van der Waals surface area contributed by atoms with Gasteiger partial charge in [0.25, 0.3) is 0 Å². The second kappa shape index (κ2) is 4.57. The normalized spacial score (nSPS) is 40.6. The minimum Gasteiger partial charge on any atom is -0.319 e. The van der Waals surface area contributed by atoms with E-state index in [0.29, 0.717) is 10.8 Å². The van der Waals surface area contributed by atoms with E-state index in [0.717, 1.165) is 17.8 Å². The molecule has 0 aromatic rings. The maximum absolute atomic E-state index is 3.41. The molecule has 1 N–H and O–H groups in total. The van der Waals surface area contributed by atoms with Crippen molar-refractivity contribution in [1.29, 1.82) is 0 Å². The molecule has 0 amide bonds. The SMILES string of the molecule is CNCC1C(C)(C)C12CCCC(C(C)C)CC2. The Bertz CT molecular complexity index is 269. The zero-order valence-corrected chi connectivity index (χ0v) is 12.5. The van der Waals surface area contributed by atoms with Crippen LogP contribution < -0.4 is 5.32 Å². The van der Waals surface area contributed by atoms with Crippen LogP contribution in [0.2, 0.25) is 0 Å². The number of rotatable bonds is 3. The highest BCUT2D eigenvalue weighted by Crippen LogP contribution is 2.74. The summed E-state index contributed by atoms with van der Waals surface area (Å²) in [4.78, 5) is 0. The van der Waals surface area contributed by atoms with Crippen LogP contribution in [0.5, 0.6) is 0 Å². The lowest BCUT2D eigenvalue weighted by molar-refractivity contribution is 0.304. The van der Waals surface area contributed by atoms with Crippen molar-refractivity contribution in [1.82, 2.24) is 5.32 Å². The Kier molecular flexibility index (Phi) is 3.60. The van der Waals surface area contributed by atoms with Crippen molar-refractivity contribution in [2.45, 2.75) is 59.8 Å². The lowest BCUT2D eigenvalue weighted by Gasteiger charge is -2.20. The van der Waals surface area contributed by atoms with Crippen LogP contribution in [0.15, 0.2) is 0 Å². The van der Waals surface area contributed by atoms with Gasteiger partial charge in [0.1, 0.15) is 0 Å². The van der Waals surface area contributed by atoms with Gasteiger partial charge in [-0.25, -0.2) is 0 Å². The van der Waals surface area contributed by atoms with Crippen LogP contribution in [-0.4, -0.2) is 13.6 Å². The molecule has 0 aromatic carbocycles. The van der Waals surface area contributed by atoms with Crippen LogP contribution in [0.1, 0.15) is 59.8 Å². The first-order valence-electron chi connectivity index (χ1n) is 7.60.